The predicted octanol–water partition coefficient (Wildman–Crippen LogP) is 0.921. The number of rotatable bonds is 3. The number of aromatic nitrogens is 1. The van der Waals surface area contributed by atoms with Crippen molar-refractivity contribution in [3.8, 4) is 0 Å². The molecule has 0 aliphatic heterocycles. The van der Waals surface area contributed by atoms with Crippen LogP contribution in [0.1, 0.15) is 5.69 Å². The third kappa shape index (κ3) is 2.38. The number of hydrogen-bond donors (Lipinski definition) is 1. The van der Waals surface area contributed by atoms with Crippen LogP contribution < -0.4 is 4.72 Å². The van der Waals surface area contributed by atoms with Gasteiger partial charge in [-0.15, -0.1) is 11.6 Å². The molecule has 1 aromatic heterocycles. The molecule has 0 bridgehead atoms. The van der Waals surface area contributed by atoms with Crippen LogP contribution in [0.4, 0.5) is 5.88 Å². The molecule has 1 aromatic rings. The van der Waals surface area contributed by atoms with Gasteiger partial charge in [-0.05, 0) is 6.92 Å². The highest BCUT2D eigenvalue weighted by atomic mass is 35.5. The average molecular weight is 211 g/mol. The van der Waals surface area contributed by atoms with Crippen LogP contribution in [0, 0.1) is 6.92 Å². The number of alkyl halides is 1. The highest BCUT2D eigenvalue weighted by Crippen LogP contribution is 2.10. The van der Waals surface area contributed by atoms with Gasteiger partial charge < -0.3 is 4.52 Å². The van der Waals surface area contributed by atoms with E-state index in [1.165, 1.54) is 6.07 Å². The van der Waals surface area contributed by atoms with Crippen molar-refractivity contribution in [3.63, 3.8) is 0 Å². The van der Waals surface area contributed by atoms with Crippen LogP contribution in [0.15, 0.2) is 10.6 Å². The summed E-state index contributed by atoms with van der Waals surface area (Å²) in [5, 5.41) is 2.98. The van der Waals surface area contributed by atoms with Gasteiger partial charge in [0, 0.05) is 6.07 Å². The van der Waals surface area contributed by atoms with Gasteiger partial charge in [0.25, 0.3) is 0 Å². The summed E-state index contributed by atoms with van der Waals surface area (Å²) in [5.74, 6) is 0.0770. The smallest absolute Gasteiger partial charge is 0.249 e. The third-order valence-corrected chi connectivity index (χ3v) is 2.69. The molecule has 0 radical (unpaired) electrons. The van der Waals surface area contributed by atoms with Crippen molar-refractivity contribution in [2.24, 2.45) is 0 Å². The third-order valence-electron chi connectivity index (χ3n) is 1.03. The minimum atomic E-state index is -3.48. The van der Waals surface area contributed by atoms with E-state index in [1.807, 2.05) is 0 Å². The van der Waals surface area contributed by atoms with Crippen molar-refractivity contribution >= 4 is 27.5 Å². The first-order valence-corrected chi connectivity index (χ1v) is 5.22. The van der Waals surface area contributed by atoms with Crippen molar-refractivity contribution in [3.05, 3.63) is 11.8 Å². The fraction of sp³-hybridized carbons (Fsp3) is 0.400. The normalized spacial score (nSPS) is 11.5. The molecular formula is C5H7ClN2O3S. The number of nitrogens with zero attached hydrogens (tertiary/aromatic N) is 1. The molecule has 7 heteroatoms. The van der Waals surface area contributed by atoms with Crippen molar-refractivity contribution in [1.29, 1.82) is 0 Å². The van der Waals surface area contributed by atoms with Gasteiger partial charge in [0.2, 0.25) is 15.9 Å². The van der Waals surface area contributed by atoms with Gasteiger partial charge in [0.05, 0.1) is 5.69 Å². The molecule has 1 heterocycles. The fourth-order valence-corrected chi connectivity index (χ4v) is 1.21. The van der Waals surface area contributed by atoms with Gasteiger partial charge >= 0.3 is 0 Å². The molecule has 0 unspecified atom stereocenters. The molecule has 5 nitrogen and oxygen atoms in total. The first-order chi connectivity index (χ1) is 5.53. The molecule has 0 aromatic carbocycles. The van der Waals surface area contributed by atoms with Crippen molar-refractivity contribution in [2.75, 3.05) is 9.93 Å². The Morgan fingerprint density at radius 2 is 2.42 bits per heavy atom. The number of hydrogen-bond acceptors (Lipinski definition) is 4. The van der Waals surface area contributed by atoms with Crippen LogP contribution in [0.3, 0.4) is 0 Å². The lowest BCUT2D eigenvalue weighted by atomic mass is 10.5. The molecule has 0 saturated heterocycles. The highest BCUT2D eigenvalue weighted by molar-refractivity contribution is 7.93. The molecule has 0 saturated carbocycles. The standard InChI is InChI=1S/C5H7ClN2O3S/c1-4-2-5(11-7-4)8-12(9,10)3-6/h2,8H,3H2,1H3. The minimum absolute atomic E-state index is 0.0770. The van der Waals surface area contributed by atoms with E-state index in [0.29, 0.717) is 5.69 Å². The van der Waals surface area contributed by atoms with E-state index >= 15 is 0 Å². The monoisotopic (exact) mass is 210 g/mol. The summed E-state index contributed by atoms with van der Waals surface area (Å²) in [6, 6.07) is 1.46. The maximum Gasteiger partial charge on any atom is 0.249 e. The lowest BCUT2D eigenvalue weighted by molar-refractivity contribution is 0.430. The fourth-order valence-electron chi connectivity index (χ4n) is 0.592. The SMILES string of the molecule is Cc1cc(NS(=O)(=O)CCl)on1. The molecule has 68 valence electrons. The Bertz CT molecular complexity index is 359. The Balaban J connectivity index is 2.77. The Kier molecular flexibility index (Phi) is 2.58. The van der Waals surface area contributed by atoms with Crippen LogP contribution >= 0.6 is 11.6 Å². The van der Waals surface area contributed by atoms with Gasteiger partial charge in [-0.1, -0.05) is 5.16 Å². The average Bonchev–Trinajstić information content (AvgIpc) is 2.35. The second-order valence-corrected chi connectivity index (χ2v) is 4.46. The zero-order valence-electron chi connectivity index (χ0n) is 6.24. The summed E-state index contributed by atoms with van der Waals surface area (Å²) in [6.45, 7) is 1.68. The van der Waals surface area contributed by atoms with Gasteiger partial charge in [-0.2, -0.15) is 0 Å². The Labute approximate surface area is 74.7 Å². The summed E-state index contributed by atoms with van der Waals surface area (Å²) in [6.07, 6.45) is 0. The topological polar surface area (TPSA) is 72.2 Å². The lowest BCUT2D eigenvalue weighted by Crippen LogP contribution is -2.12. The molecule has 0 amide bonds. The summed E-state index contributed by atoms with van der Waals surface area (Å²) >= 11 is 5.14. The molecule has 0 aliphatic rings. The lowest BCUT2D eigenvalue weighted by Gasteiger charge is -1.97. The van der Waals surface area contributed by atoms with Gasteiger partial charge in [0.1, 0.15) is 5.21 Å². The van der Waals surface area contributed by atoms with Gasteiger partial charge in [-0.25, -0.2) is 13.1 Å². The van der Waals surface area contributed by atoms with Gasteiger partial charge in [-0.3, -0.25) is 0 Å². The van der Waals surface area contributed by atoms with E-state index < -0.39 is 15.2 Å². The van der Waals surface area contributed by atoms with E-state index in [4.69, 9.17) is 11.6 Å². The van der Waals surface area contributed by atoms with Crippen LogP contribution in [-0.2, 0) is 10.0 Å². The number of sulfonamides is 1. The molecular weight excluding hydrogens is 204 g/mol. The maximum atomic E-state index is 10.8. The first kappa shape index (κ1) is 9.34. The molecule has 0 aliphatic carbocycles. The zero-order valence-corrected chi connectivity index (χ0v) is 7.82. The summed E-state index contributed by atoms with van der Waals surface area (Å²) in [7, 11) is -3.48. The molecule has 12 heavy (non-hydrogen) atoms. The second-order valence-electron chi connectivity index (χ2n) is 2.16. The summed E-state index contributed by atoms with van der Waals surface area (Å²) in [4.78, 5) is 0. The quantitative estimate of drug-likeness (QED) is 0.753. The number of halogens is 1. The number of aryl methyl sites for hydroxylation is 1. The Morgan fingerprint density at radius 3 is 2.83 bits per heavy atom. The van der Waals surface area contributed by atoms with Crippen LogP contribution in [-0.4, -0.2) is 18.8 Å². The molecule has 1 rings (SSSR count). The van der Waals surface area contributed by atoms with Crippen molar-refractivity contribution in [1.82, 2.24) is 5.16 Å². The van der Waals surface area contributed by atoms with Crippen molar-refractivity contribution in [2.45, 2.75) is 6.92 Å². The second kappa shape index (κ2) is 3.32. The van der Waals surface area contributed by atoms with E-state index in [2.05, 4.69) is 14.4 Å². The number of anilines is 1. The zero-order chi connectivity index (χ0) is 9.19. The molecule has 0 atom stereocenters. The van der Waals surface area contributed by atoms with Crippen LogP contribution in [0.2, 0.25) is 0 Å². The van der Waals surface area contributed by atoms with Gasteiger partial charge in [0.15, 0.2) is 0 Å². The van der Waals surface area contributed by atoms with E-state index in [0.717, 1.165) is 0 Å². The highest BCUT2D eigenvalue weighted by Gasteiger charge is 2.10. The number of nitrogens with one attached hydrogen (secondary N) is 1. The van der Waals surface area contributed by atoms with Crippen molar-refractivity contribution < 1.29 is 12.9 Å². The predicted molar refractivity (Wildman–Crippen MR) is 44.5 cm³/mol. The Hall–Kier alpha value is -0.750. The maximum absolute atomic E-state index is 10.8. The van der Waals surface area contributed by atoms with Crippen LogP contribution in [0.5, 0.6) is 0 Å². The first-order valence-electron chi connectivity index (χ1n) is 3.03. The summed E-state index contributed by atoms with van der Waals surface area (Å²) in [5.41, 5.74) is 0.599. The largest absolute Gasteiger partial charge is 0.338 e. The van der Waals surface area contributed by atoms with E-state index in [9.17, 15) is 8.42 Å². The minimum Gasteiger partial charge on any atom is -0.338 e. The molecule has 0 fully saturated rings. The van der Waals surface area contributed by atoms with E-state index in [-0.39, 0.29) is 5.88 Å². The molecule has 0 spiro atoms. The van der Waals surface area contributed by atoms with E-state index in [1.54, 1.807) is 6.92 Å². The molecule has 1 N–H and O–H groups in total. The summed E-state index contributed by atoms with van der Waals surface area (Å²) < 4.78 is 28.4. The Morgan fingerprint density at radius 1 is 1.75 bits per heavy atom. The van der Waals surface area contributed by atoms with Crippen LogP contribution in [0.25, 0.3) is 0 Å².